The van der Waals surface area contributed by atoms with E-state index in [2.05, 4.69) is 20.5 Å². The number of nitrogens with zero attached hydrogens (tertiary/aromatic N) is 5. The molecule has 2 heterocycles. The summed E-state index contributed by atoms with van der Waals surface area (Å²) >= 11 is 0. The Morgan fingerprint density at radius 3 is 2.21 bits per heavy atom. The number of rotatable bonds is 11. The number of imidazole rings is 1. The number of hydrogen-bond acceptors (Lipinski definition) is 7. The number of carbonyl (C=O) groups is 1. The van der Waals surface area contributed by atoms with E-state index in [9.17, 15) is 13.2 Å². The monoisotopic (exact) mass is 594 g/mol. The van der Waals surface area contributed by atoms with Crippen LogP contribution >= 0.6 is 0 Å². The van der Waals surface area contributed by atoms with Crippen molar-refractivity contribution in [2.75, 3.05) is 7.11 Å². The summed E-state index contributed by atoms with van der Waals surface area (Å²) in [5.41, 5.74) is 6.95. The molecule has 218 valence electrons. The molecule has 0 fully saturated rings. The van der Waals surface area contributed by atoms with E-state index in [0.717, 1.165) is 22.4 Å². The van der Waals surface area contributed by atoms with Gasteiger partial charge in [0, 0.05) is 49.1 Å². The molecule has 5 aromatic rings. The van der Waals surface area contributed by atoms with Gasteiger partial charge in [0.15, 0.2) is 0 Å². The number of nitrogens with one attached hydrogen (secondary N) is 1. The number of ether oxygens (including phenoxy) is 1. The van der Waals surface area contributed by atoms with E-state index in [0.29, 0.717) is 17.0 Å². The normalized spacial score (nSPS) is 11.8. The van der Waals surface area contributed by atoms with E-state index in [1.54, 1.807) is 67.4 Å². The van der Waals surface area contributed by atoms with E-state index in [-0.39, 0.29) is 23.9 Å². The van der Waals surface area contributed by atoms with Gasteiger partial charge in [0.25, 0.3) is 5.91 Å². The summed E-state index contributed by atoms with van der Waals surface area (Å²) in [5, 5.41) is 4.25. The summed E-state index contributed by atoms with van der Waals surface area (Å²) in [6, 6.07) is 24.4. The Morgan fingerprint density at radius 2 is 1.58 bits per heavy atom. The largest absolute Gasteiger partial charge is 0.497 e. The molecule has 43 heavy (non-hydrogen) atoms. The van der Waals surface area contributed by atoms with Crippen molar-refractivity contribution >= 4 is 21.6 Å². The minimum Gasteiger partial charge on any atom is -0.497 e. The highest BCUT2D eigenvalue weighted by molar-refractivity contribution is 7.89. The molecule has 2 aromatic heterocycles. The molecule has 0 aliphatic heterocycles. The summed E-state index contributed by atoms with van der Waals surface area (Å²) < 4.78 is 35.7. The first kappa shape index (κ1) is 29.4. The minimum absolute atomic E-state index is 0.0947. The number of hydrazone groups is 1. The van der Waals surface area contributed by atoms with Crippen LogP contribution in [0.3, 0.4) is 0 Å². The average molecular weight is 595 g/mol. The number of carbonyl (C=O) groups excluding carboxylic acids is 1. The average Bonchev–Trinajstić information content (AvgIpc) is 3.59. The molecule has 0 aliphatic rings. The Labute approximate surface area is 250 Å². The number of pyridine rings is 1. The molecule has 0 bridgehead atoms. The van der Waals surface area contributed by atoms with Crippen LogP contribution in [0.2, 0.25) is 0 Å². The van der Waals surface area contributed by atoms with Crippen molar-refractivity contribution in [3.05, 3.63) is 138 Å². The lowest BCUT2D eigenvalue weighted by molar-refractivity contribution is 0.0954. The topological polar surface area (TPSA) is 119 Å². The van der Waals surface area contributed by atoms with Crippen molar-refractivity contribution in [2.24, 2.45) is 5.10 Å². The maximum Gasteiger partial charge on any atom is 0.271 e. The minimum atomic E-state index is -3.86. The maximum atomic E-state index is 13.6. The first-order valence-electron chi connectivity index (χ1n) is 13.4. The van der Waals surface area contributed by atoms with Crippen LogP contribution in [0.1, 0.15) is 34.0 Å². The van der Waals surface area contributed by atoms with E-state index in [4.69, 9.17) is 4.74 Å². The van der Waals surface area contributed by atoms with Crippen LogP contribution in [-0.4, -0.2) is 46.0 Å². The van der Waals surface area contributed by atoms with Gasteiger partial charge in [0.1, 0.15) is 5.75 Å². The highest BCUT2D eigenvalue weighted by atomic mass is 32.2. The van der Waals surface area contributed by atoms with Gasteiger partial charge in [-0.1, -0.05) is 30.3 Å². The smallest absolute Gasteiger partial charge is 0.271 e. The number of methoxy groups -OCH3 is 1. The van der Waals surface area contributed by atoms with Crippen LogP contribution < -0.4 is 10.2 Å². The van der Waals surface area contributed by atoms with Gasteiger partial charge in [-0.25, -0.2) is 18.8 Å². The molecule has 0 radical (unpaired) electrons. The quantitative estimate of drug-likeness (QED) is 0.173. The van der Waals surface area contributed by atoms with E-state index < -0.39 is 10.0 Å². The van der Waals surface area contributed by atoms with Gasteiger partial charge in [0.05, 0.1) is 24.0 Å². The Hall–Kier alpha value is -5.13. The molecule has 1 amide bonds. The van der Waals surface area contributed by atoms with Gasteiger partial charge >= 0.3 is 0 Å². The van der Waals surface area contributed by atoms with Crippen molar-refractivity contribution < 1.29 is 17.9 Å². The van der Waals surface area contributed by atoms with Crippen LogP contribution in [-0.2, 0) is 23.1 Å². The highest BCUT2D eigenvalue weighted by Crippen LogP contribution is 2.23. The second-order valence-electron chi connectivity index (χ2n) is 9.66. The van der Waals surface area contributed by atoms with Gasteiger partial charge < -0.3 is 9.30 Å². The molecule has 0 saturated carbocycles. The third-order valence-corrected chi connectivity index (χ3v) is 8.57. The van der Waals surface area contributed by atoms with Gasteiger partial charge in [-0.3, -0.25) is 9.78 Å². The Morgan fingerprint density at radius 1 is 0.884 bits per heavy atom. The highest BCUT2D eigenvalue weighted by Gasteiger charge is 2.25. The van der Waals surface area contributed by atoms with Crippen molar-refractivity contribution in [2.45, 2.75) is 24.9 Å². The third kappa shape index (κ3) is 7.21. The Kier molecular flexibility index (Phi) is 9.04. The van der Waals surface area contributed by atoms with Crippen LogP contribution in [0.4, 0.5) is 0 Å². The van der Waals surface area contributed by atoms with E-state index >= 15 is 0 Å². The predicted molar refractivity (Wildman–Crippen MR) is 163 cm³/mol. The molecular formula is C32H30N6O4S. The molecule has 0 unspecified atom stereocenters. The van der Waals surface area contributed by atoms with Crippen molar-refractivity contribution in [1.82, 2.24) is 24.3 Å². The van der Waals surface area contributed by atoms with Gasteiger partial charge in [-0.2, -0.15) is 9.41 Å². The molecule has 3 aromatic carbocycles. The summed E-state index contributed by atoms with van der Waals surface area (Å²) in [7, 11) is -2.33. The number of hydrogen-bond donors (Lipinski definition) is 1. The number of aromatic nitrogens is 3. The number of sulfonamides is 1. The molecule has 1 N–H and O–H groups in total. The SMILES string of the molecule is COc1ccc(S(=O)(=O)N(Cc2ccc(C(=O)N/N=C(/C)c3ccc(-n4ccnc4)cc3)cc2)Cc2cccnc2)cc1. The molecule has 0 saturated heterocycles. The zero-order valence-corrected chi connectivity index (χ0v) is 24.5. The molecule has 10 nitrogen and oxygen atoms in total. The zero-order chi connectivity index (χ0) is 30.2. The van der Waals surface area contributed by atoms with Crippen LogP contribution in [0.5, 0.6) is 5.75 Å². The fraction of sp³-hybridized carbons (Fsp3) is 0.125. The molecule has 0 aliphatic carbocycles. The standard InChI is InChI=1S/C32H30N6O4S/c1-24(27-9-11-29(12-10-27)37-19-18-34-23-37)35-36-32(39)28-7-5-25(6-8-28)21-38(22-26-4-3-17-33-20-26)43(40,41)31-15-13-30(42-2)14-16-31/h3-20,23H,21-22H2,1-2H3,(H,36,39)/b35-24-. The molecule has 0 spiro atoms. The fourth-order valence-corrected chi connectivity index (χ4v) is 5.75. The maximum absolute atomic E-state index is 13.6. The Balaban J connectivity index is 1.28. The molecule has 11 heteroatoms. The summed E-state index contributed by atoms with van der Waals surface area (Å²) in [4.78, 5) is 21.1. The lowest BCUT2D eigenvalue weighted by atomic mass is 10.1. The van der Waals surface area contributed by atoms with Crippen LogP contribution in [0.25, 0.3) is 5.69 Å². The zero-order valence-electron chi connectivity index (χ0n) is 23.7. The Bertz CT molecular complexity index is 1790. The van der Waals surface area contributed by atoms with E-state index in [1.165, 1.54) is 23.5 Å². The number of amides is 1. The van der Waals surface area contributed by atoms with Crippen molar-refractivity contribution in [1.29, 1.82) is 0 Å². The van der Waals surface area contributed by atoms with Gasteiger partial charge in [0.2, 0.25) is 10.0 Å². The van der Waals surface area contributed by atoms with Gasteiger partial charge in [-0.05, 0) is 78.2 Å². The summed E-state index contributed by atoms with van der Waals surface area (Å²) in [5.74, 6) is 0.189. The van der Waals surface area contributed by atoms with Gasteiger partial charge in [-0.15, -0.1) is 0 Å². The second-order valence-corrected chi connectivity index (χ2v) is 11.6. The molecule has 5 rings (SSSR count). The first-order chi connectivity index (χ1) is 20.8. The van der Waals surface area contributed by atoms with Crippen LogP contribution in [0, 0.1) is 0 Å². The lowest BCUT2D eigenvalue weighted by Crippen LogP contribution is -2.30. The van der Waals surface area contributed by atoms with Crippen LogP contribution in [0.15, 0.2) is 126 Å². The summed E-state index contributed by atoms with van der Waals surface area (Å²) in [6.45, 7) is 2.04. The third-order valence-electron chi connectivity index (χ3n) is 6.77. The second kappa shape index (κ2) is 13.2. The lowest BCUT2D eigenvalue weighted by Gasteiger charge is -2.22. The summed E-state index contributed by atoms with van der Waals surface area (Å²) in [6.07, 6.45) is 8.57. The first-order valence-corrected chi connectivity index (χ1v) is 14.8. The van der Waals surface area contributed by atoms with Crippen molar-refractivity contribution in [3.63, 3.8) is 0 Å². The predicted octanol–water partition coefficient (Wildman–Crippen LogP) is 4.82. The fourth-order valence-electron chi connectivity index (χ4n) is 4.33. The molecule has 0 atom stereocenters. The van der Waals surface area contributed by atoms with Crippen molar-refractivity contribution in [3.8, 4) is 11.4 Å². The van der Waals surface area contributed by atoms with E-state index in [1.807, 2.05) is 48.0 Å². The molecular weight excluding hydrogens is 564 g/mol. The number of benzene rings is 3.